The second-order valence-electron chi connectivity index (χ2n) is 8.83. The maximum Gasteiger partial charge on any atom is 0.227 e. The number of fused-ring (bicyclic) bond motifs is 1. The summed E-state index contributed by atoms with van der Waals surface area (Å²) in [5, 5.41) is 10.4. The van der Waals surface area contributed by atoms with Gasteiger partial charge in [-0.25, -0.2) is 4.98 Å². The lowest BCUT2D eigenvalue weighted by Gasteiger charge is -2.18. The molecule has 5 heteroatoms. The highest BCUT2D eigenvalue weighted by Gasteiger charge is 2.15. The van der Waals surface area contributed by atoms with Crippen molar-refractivity contribution in [3.63, 3.8) is 0 Å². The van der Waals surface area contributed by atoms with Gasteiger partial charge in [0.15, 0.2) is 5.58 Å². The van der Waals surface area contributed by atoms with Crippen LogP contribution in [0.15, 0.2) is 62.4 Å². The third-order valence-corrected chi connectivity index (χ3v) is 6.47. The van der Waals surface area contributed by atoms with Crippen LogP contribution in [0.5, 0.6) is 5.75 Å². The lowest BCUT2D eigenvalue weighted by atomic mass is 9.87. The van der Waals surface area contributed by atoms with E-state index in [2.05, 4.69) is 58.8 Å². The average molecular weight is 477 g/mol. The van der Waals surface area contributed by atoms with Gasteiger partial charge in [-0.2, -0.15) is 0 Å². The van der Waals surface area contributed by atoms with E-state index in [1.165, 1.54) is 5.56 Å². The molecule has 4 aromatic rings. The minimum Gasteiger partial charge on any atom is -0.506 e. The zero-order valence-corrected chi connectivity index (χ0v) is 19.9. The van der Waals surface area contributed by atoms with Crippen molar-refractivity contribution in [2.75, 3.05) is 0 Å². The number of hydrogen-bond donors (Lipinski definition) is 1. The summed E-state index contributed by atoms with van der Waals surface area (Å²) in [6.45, 7) is 10.6. The molecular formula is C26H25BrN2O2. The van der Waals surface area contributed by atoms with Crippen molar-refractivity contribution in [1.82, 2.24) is 4.98 Å². The number of rotatable bonds is 3. The average Bonchev–Trinajstić information content (AvgIpc) is 3.17. The van der Waals surface area contributed by atoms with Gasteiger partial charge in [0.05, 0.1) is 10.2 Å². The molecule has 0 radical (unpaired) electrons. The van der Waals surface area contributed by atoms with Crippen LogP contribution >= 0.6 is 15.9 Å². The van der Waals surface area contributed by atoms with Crippen LogP contribution in [0.1, 0.15) is 43.0 Å². The first-order chi connectivity index (χ1) is 14.6. The predicted molar refractivity (Wildman–Crippen MR) is 131 cm³/mol. The van der Waals surface area contributed by atoms with Gasteiger partial charge in [-0.1, -0.05) is 32.9 Å². The Morgan fingerprint density at radius 1 is 1.03 bits per heavy atom. The van der Waals surface area contributed by atoms with Gasteiger partial charge in [0, 0.05) is 17.3 Å². The van der Waals surface area contributed by atoms with Crippen molar-refractivity contribution in [2.45, 2.75) is 40.0 Å². The topological polar surface area (TPSA) is 58.6 Å². The van der Waals surface area contributed by atoms with Gasteiger partial charge in [0.1, 0.15) is 11.3 Å². The standard InChI is InChI=1S/C26H25BrN2O2/c1-15-12-18(24(30)23(27)16(15)2)14-28-20-10-11-22-21(13-20)29-25(31-22)17-6-8-19(9-7-17)26(3,4)5/h6-14,30H,1-5H3. The minimum absolute atomic E-state index is 0.104. The third-order valence-electron chi connectivity index (χ3n) is 5.50. The molecule has 1 heterocycles. The lowest BCUT2D eigenvalue weighted by Crippen LogP contribution is -2.10. The van der Waals surface area contributed by atoms with E-state index >= 15 is 0 Å². The molecule has 31 heavy (non-hydrogen) atoms. The molecule has 1 aromatic heterocycles. The van der Waals surface area contributed by atoms with Gasteiger partial charge in [-0.3, -0.25) is 4.99 Å². The van der Waals surface area contributed by atoms with E-state index in [4.69, 9.17) is 4.42 Å². The maximum absolute atomic E-state index is 10.4. The summed E-state index contributed by atoms with van der Waals surface area (Å²) >= 11 is 3.45. The number of halogens is 1. The van der Waals surface area contributed by atoms with Gasteiger partial charge in [0.2, 0.25) is 5.89 Å². The highest BCUT2D eigenvalue weighted by molar-refractivity contribution is 9.10. The second-order valence-corrected chi connectivity index (χ2v) is 9.62. The van der Waals surface area contributed by atoms with Crippen LogP contribution in [0.3, 0.4) is 0 Å². The monoisotopic (exact) mass is 476 g/mol. The number of nitrogens with zero attached hydrogens (tertiary/aromatic N) is 2. The first kappa shape index (κ1) is 21.3. The molecule has 0 saturated heterocycles. The number of aliphatic imine (C=N–C) groups is 1. The normalized spacial score (nSPS) is 12.2. The quantitative estimate of drug-likeness (QED) is 0.309. The van der Waals surface area contributed by atoms with Crippen LogP contribution in [0.4, 0.5) is 5.69 Å². The predicted octanol–water partition coefficient (Wildman–Crippen LogP) is 7.63. The Hall–Kier alpha value is -2.92. The summed E-state index contributed by atoms with van der Waals surface area (Å²) in [6, 6.07) is 15.9. The third kappa shape index (κ3) is 4.28. The number of hydrogen-bond acceptors (Lipinski definition) is 4. The molecule has 1 N–H and O–H groups in total. The fourth-order valence-corrected chi connectivity index (χ4v) is 3.90. The van der Waals surface area contributed by atoms with E-state index in [0.717, 1.165) is 27.9 Å². The number of benzene rings is 3. The number of phenols is 1. The Balaban J connectivity index is 1.63. The summed E-state index contributed by atoms with van der Waals surface area (Å²) in [5.74, 6) is 0.780. The Labute approximate surface area is 190 Å². The minimum atomic E-state index is 0.104. The molecule has 0 fully saturated rings. The van der Waals surface area contributed by atoms with Gasteiger partial charge >= 0.3 is 0 Å². The number of aromatic nitrogens is 1. The summed E-state index contributed by atoms with van der Waals surface area (Å²) in [6.07, 6.45) is 1.67. The molecule has 3 aromatic carbocycles. The zero-order valence-electron chi connectivity index (χ0n) is 18.3. The molecule has 0 unspecified atom stereocenters. The highest BCUT2D eigenvalue weighted by Crippen LogP contribution is 2.33. The number of aryl methyl sites for hydroxylation is 1. The molecular weight excluding hydrogens is 452 g/mol. The largest absolute Gasteiger partial charge is 0.506 e. The van der Waals surface area contributed by atoms with E-state index in [9.17, 15) is 5.11 Å². The molecule has 0 spiro atoms. The molecule has 0 atom stereocenters. The van der Waals surface area contributed by atoms with Crippen LogP contribution in [0.25, 0.3) is 22.6 Å². The molecule has 4 nitrogen and oxygen atoms in total. The summed E-state index contributed by atoms with van der Waals surface area (Å²) in [5.41, 5.74) is 7.28. The van der Waals surface area contributed by atoms with E-state index in [0.29, 0.717) is 21.5 Å². The van der Waals surface area contributed by atoms with Gasteiger partial charge in [-0.15, -0.1) is 0 Å². The molecule has 0 aliphatic rings. The van der Waals surface area contributed by atoms with Crippen LogP contribution in [-0.2, 0) is 5.41 Å². The van der Waals surface area contributed by atoms with Crippen molar-refractivity contribution in [3.05, 3.63) is 75.3 Å². The van der Waals surface area contributed by atoms with Crippen LogP contribution in [0.2, 0.25) is 0 Å². The summed E-state index contributed by atoms with van der Waals surface area (Å²) < 4.78 is 6.65. The van der Waals surface area contributed by atoms with Crippen molar-refractivity contribution in [2.24, 2.45) is 4.99 Å². The fourth-order valence-electron chi connectivity index (χ4n) is 3.36. The first-order valence-electron chi connectivity index (χ1n) is 10.2. The smallest absolute Gasteiger partial charge is 0.227 e. The van der Waals surface area contributed by atoms with Crippen molar-refractivity contribution in [3.8, 4) is 17.2 Å². The molecule has 158 valence electrons. The first-order valence-corrected chi connectivity index (χ1v) is 11.0. The van der Waals surface area contributed by atoms with Gasteiger partial charge in [-0.05, 0) is 88.3 Å². The fraction of sp³-hybridized carbons (Fsp3) is 0.231. The molecule has 0 aliphatic heterocycles. The molecule has 4 rings (SSSR count). The van der Waals surface area contributed by atoms with Crippen molar-refractivity contribution in [1.29, 1.82) is 0 Å². The van der Waals surface area contributed by atoms with E-state index in [1.54, 1.807) is 6.21 Å². The highest BCUT2D eigenvalue weighted by atomic mass is 79.9. The maximum atomic E-state index is 10.4. The van der Waals surface area contributed by atoms with Crippen LogP contribution < -0.4 is 0 Å². The van der Waals surface area contributed by atoms with Crippen LogP contribution in [-0.4, -0.2) is 16.3 Å². The van der Waals surface area contributed by atoms with E-state index in [-0.39, 0.29) is 11.2 Å². The van der Waals surface area contributed by atoms with Crippen molar-refractivity contribution < 1.29 is 9.52 Å². The second kappa shape index (κ2) is 7.97. The number of oxazole rings is 1. The molecule has 0 amide bonds. The molecule has 0 bridgehead atoms. The summed E-state index contributed by atoms with van der Waals surface area (Å²) in [7, 11) is 0. The summed E-state index contributed by atoms with van der Waals surface area (Å²) in [4.78, 5) is 9.18. The lowest BCUT2D eigenvalue weighted by molar-refractivity contribution is 0.470. The Kier molecular flexibility index (Phi) is 5.48. The van der Waals surface area contributed by atoms with E-state index in [1.807, 2.05) is 50.2 Å². The van der Waals surface area contributed by atoms with Crippen LogP contribution in [0, 0.1) is 13.8 Å². The number of aromatic hydroxyl groups is 1. The van der Waals surface area contributed by atoms with Gasteiger partial charge < -0.3 is 9.52 Å². The van der Waals surface area contributed by atoms with Gasteiger partial charge in [0.25, 0.3) is 0 Å². The Morgan fingerprint density at radius 2 is 1.74 bits per heavy atom. The number of phenolic OH excluding ortho intramolecular Hbond substituents is 1. The van der Waals surface area contributed by atoms with E-state index < -0.39 is 0 Å². The SMILES string of the molecule is Cc1cc(C=Nc2ccc3oc(-c4ccc(C(C)(C)C)cc4)nc3c2)c(O)c(Br)c1C. The Morgan fingerprint density at radius 3 is 2.42 bits per heavy atom. The Bertz CT molecular complexity index is 1300. The van der Waals surface area contributed by atoms with Crippen molar-refractivity contribution >= 4 is 38.9 Å². The zero-order chi connectivity index (χ0) is 22.3. The molecule has 0 saturated carbocycles. The molecule has 0 aliphatic carbocycles.